The van der Waals surface area contributed by atoms with E-state index in [0.29, 0.717) is 11.0 Å². The number of hydrogen-bond acceptors (Lipinski definition) is 5. The second kappa shape index (κ2) is 5.59. The summed E-state index contributed by atoms with van der Waals surface area (Å²) in [5.74, 6) is 0.490. The highest BCUT2D eigenvalue weighted by Crippen LogP contribution is 2.11. The van der Waals surface area contributed by atoms with E-state index in [2.05, 4.69) is 20.8 Å². The van der Waals surface area contributed by atoms with Crippen LogP contribution in [0.15, 0.2) is 40.3 Å². The largest absolute Gasteiger partial charge is 0.301 e. The van der Waals surface area contributed by atoms with E-state index in [9.17, 15) is 4.79 Å². The second-order valence-corrected chi connectivity index (χ2v) is 4.55. The van der Waals surface area contributed by atoms with Crippen LogP contribution in [-0.4, -0.2) is 16.2 Å². The van der Waals surface area contributed by atoms with E-state index in [1.165, 1.54) is 23.4 Å². The molecule has 18 heavy (non-hydrogen) atoms. The van der Waals surface area contributed by atoms with Crippen molar-refractivity contribution in [1.29, 1.82) is 0 Å². The van der Waals surface area contributed by atoms with Crippen molar-refractivity contribution in [3.63, 3.8) is 0 Å². The topological polar surface area (TPSA) is 69.8 Å². The van der Waals surface area contributed by atoms with Crippen molar-refractivity contribution in [2.45, 2.75) is 12.1 Å². The first-order chi connectivity index (χ1) is 8.67. The van der Waals surface area contributed by atoms with Gasteiger partial charge >= 0.3 is 0 Å². The second-order valence-electron chi connectivity index (χ2n) is 3.76. The van der Waals surface area contributed by atoms with Crippen LogP contribution in [-0.2, 0) is 0 Å². The summed E-state index contributed by atoms with van der Waals surface area (Å²) in [5, 5.41) is 0.579. The summed E-state index contributed by atoms with van der Waals surface area (Å²) in [6.45, 7) is 2.03. The van der Waals surface area contributed by atoms with Gasteiger partial charge in [0.2, 0.25) is 0 Å². The van der Waals surface area contributed by atoms with Crippen molar-refractivity contribution in [1.82, 2.24) is 9.97 Å². The van der Waals surface area contributed by atoms with Gasteiger partial charge in [-0.05, 0) is 25.3 Å². The zero-order chi connectivity index (χ0) is 13.0. The van der Waals surface area contributed by atoms with Crippen LogP contribution in [0.1, 0.15) is 5.56 Å². The van der Waals surface area contributed by atoms with Crippen LogP contribution in [0.4, 0.5) is 11.5 Å². The molecule has 2 rings (SSSR count). The molecular weight excluding hydrogens is 248 g/mol. The Balaban J connectivity index is 2.08. The fraction of sp³-hybridized carbons (Fsp3) is 0.167. The standard InChI is InChI=1S/C12H14N4OS/c1-8-3-5-9(6-4-8)15-16-10-7-11(17)14-12(13-10)18-2/h3-7,15H,1-2H3,(H2,13,14,16,17). The molecule has 0 atom stereocenters. The summed E-state index contributed by atoms with van der Waals surface area (Å²) in [4.78, 5) is 18.2. The average molecular weight is 262 g/mol. The van der Waals surface area contributed by atoms with E-state index in [-0.39, 0.29) is 5.56 Å². The van der Waals surface area contributed by atoms with Gasteiger partial charge in [-0.15, -0.1) is 0 Å². The Morgan fingerprint density at radius 3 is 2.61 bits per heavy atom. The zero-order valence-electron chi connectivity index (χ0n) is 10.2. The third-order valence-corrected chi connectivity index (χ3v) is 2.88. The van der Waals surface area contributed by atoms with Crippen molar-refractivity contribution < 1.29 is 0 Å². The number of nitrogens with one attached hydrogen (secondary N) is 3. The maximum atomic E-state index is 11.3. The molecule has 0 radical (unpaired) electrons. The van der Waals surface area contributed by atoms with Gasteiger partial charge in [0.15, 0.2) is 11.0 Å². The minimum atomic E-state index is -0.178. The molecule has 0 saturated carbocycles. The summed E-state index contributed by atoms with van der Waals surface area (Å²) < 4.78 is 0. The number of anilines is 2. The summed E-state index contributed by atoms with van der Waals surface area (Å²) in [6, 6.07) is 9.31. The SMILES string of the molecule is CSc1nc(NNc2ccc(C)cc2)cc(=O)[nH]1. The number of rotatable bonds is 4. The van der Waals surface area contributed by atoms with Crippen LogP contribution in [0.25, 0.3) is 0 Å². The summed E-state index contributed by atoms with van der Waals surface area (Å²) in [7, 11) is 0. The molecule has 0 aliphatic heterocycles. The Labute approximate surface area is 109 Å². The Morgan fingerprint density at radius 2 is 1.94 bits per heavy atom. The number of hydrogen-bond donors (Lipinski definition) is 3. The molecule has 0 amide bonds. The van der Waals surface area contributed by atoms with Gasteiger partial charge in [0.1, 0.15) is 0 Å². The molecule has 0 aliphatic carbocycles. The monoisotopic (exact) mass is 262 g/mol. The van der Waals surface area contributed by atoms with Crippen LogP contribution in [0.3, 0.4) is 0 Å². The molecule has 1 aromatic carbocycles. The molecule has 6 heteroatoms. The normalized spacial score (nSPS) is 10.1. The predicted octanol–water partition coefficient (Wildman–Crippen LogP) is 2.24. The number of nitrogens with zero attached hydrogens (tertiary/aromatic N) is 1. The molecule has 0 saturated heterocycles. The minimum Gasteiger partial charge on any atom is -0.301 e. The Morgan fingerprint density at radius 1 is 1.22 bits per heavy atom. The molecule has 0 aliphatic rings. The minimum absolute atomic E-state index is 0.178. The molecule has 5 nitrogen and oxygen atoms in total. The number of hydrazine groups is 1. The van der Waals surface area contributed by atoms with Gasteiger partial charge in [0, 0.05) is 6.07 Å². The maximum absolute atomic E-state index is 11.3. The van der Waals surface area contributed by atoms with Gasteiger partial charge < -0.3 is 4.98 Å². The molecule has 0 spiro atoms. The van der Waals surface area contributed by atoms with Crippen molar-refractivity contribution in [2.24, 2.45) is 0 Å². The summed E-state index contributed by atoms with van der Waals surface area (Å²) in [5.41, 5.74) is 7.82. The fourth-order valence-corrected chi connectivity index (χ4v) is 1.76. The number of benzene rings is 1. The number of H-pyrrole nitrogens is 1. The van der Waals surface area contributed by atoms with Crippen LogP contribution < -0.4 is 16.4 Å². The highest BCUT2D eigenvalue weighted by atomic mass is 32.2. The Hall–Kier alpha value is -1.95. The van der Waals surface area contributed by atoms with Crippen LogP contribution in [0, 0.1) is 6.92 Å². The fourth-order valence-electron chi connectivity index (χ4n) is 1.37. The van der Waals surface area contributed by atoms with Gasteiger partial charge in [-0.2, -0.15) is 0 Å². The van der Waals surface area contributed by atoms with E-state index >= 15 is 0 Å². The molecular formula is C12H14N4OS. The number of thioether (sulfide) groups is 1. The summed E-state index contributed by atoms with van der Waals surface area (Å²) >= 11 is 1.39. The van der Waals surface area contributed by atoms with E-state index in [1.807, 2.05) is 37.4 Å². The number of aromatic amines is 1. The molecule has 0 unspecified atom stereocenters. The van der Waals surface area contributed by atoms with E-state index in [4.69, 9.17) is 0 Å². The maximum Gasteiger partial charge on any atom is 0.253 e. The summed E-state index contributed by atoms with van der Waals surface area (Å²) in [6.07, 6.45) is 1.86. The zero-order valence-corrected chi connectivity index (χ0v) is 11.0. The Bertz CT molecular complexity index is 579. The van der Waals surface area contributed by atoms with Crippen molar-refractivity contribution in [3.05, 3.63) is 46.2 Å². The molecule has 1 heterocycles. The molecule has 1 aromatic heterocycles. The lowest BCUT2D eigenvalue weighted by Crippen LogP contribution is -2.15. The highest BCUT2D eigenvalue weighted by molar-refractivity contribution is 7.98. The van der Waals surface area contributed by atoms with Gasteiger partial charge in [-0.1, -0.05) is 29.5 Å². The third-order valence-electron chi connectivity index (χ3n) is 2.30. The lowest BCUT2D eigenvalue weighted by molar-refractivity contribution is 0.941. The lowest BCUT2D eigenvalue weighted by atomic mass is 10.2. The lowest BCUT2D eigenvalue weighted by Gasteiger charge is -2.09. The highest BCUT2D eigenvalue weighted by Gasteiger charge is 1.99. The molecule has 0 bridgehead atoms. The van der Waals surface area contributed by atoms with Gasteiger partial charge in [-0.25, -0.2) is 4.98 Å². The van der Waals surface area contributed by atoms with E-state index in [1.54, 1.807) is 0 Å². The van der Waals surface area contributed by atoms with E-state index in [0.717, 1.165) is 5.69 Å². The molecule has 0 fully saturated rings. The van der Waals surface area contributed by atoms with Crippen molar-refractivity contribution >= 4 is 23.3 Å². The third kappa shape index (κ3) is 3.27. The smallest absolute Gasteiger partial charge is 0.253 e. The molecule has 3 N–H and O–H groups in total. The number of aryl methyl sites for hydroxylation is 1. The van der Waals surface area contributed by atoms with Crippen LogP contribution >= 0.6 is 11.8 Å². The molecule has 94 valence electrons. The van der Waals surface area contributed by atoms with Gasteiger partial charge in [0.25, 0.3) is 5.56 Å². The van der Waals surface area contributed by atoms with Gasteiger partial charge in [0.05, 0.1) is 5.69 Å². The molecule has 2 aromatic rings. The van der Waals surface area contributed by atoms with E-state index < -0.39 is 0 Å². The van der Waals surface area contributed by atoms with Crippen molar-refractivity contribution in [2.75, 3.05) is 17.1 Å². The quantitative estimate of drug-likeness (QED) is 0.448. The first kappa shape index (κ1) is 12.5. The van der Waals surface area contributed by atoms with Gasteiger partial charge in [-0.3, -0.25) is 15.6 Å². The number of aromatic nitrogens is 2. The van der Waals surface area contributed by atoms with Crippen molar-refractivity contribution in [3.8, 4) is 0 Å². The average Bonchev–Trinajstić information content (AvgIpc) is 2.37. The first-order valence-corrected chi connectivity index (χ1v) is 6.64. The Kier molecular flexibility index (Phi) is 3.88. The van der Waals surface area contributed by atoms with Crippen LogP contribution in [0.2, 0.25) is 0 Å². The van der Waals surface area contributed by atoms with Crippen LogP contribution in [0.5, 0.6) is 0 Å². The first-order valence-electron chi connectivity index (χ1n) is 5.41. The predicted molar refractivity (Wildman–Crippen MR) is 75.1 cm³/mol.